The summed E-state index contributed by atoms with van der Waals surface area (Å²) in [4.78, 5) is 21.4. The Balaban J connectivity index is 3.67. The van der Waals surface area contributed by atoms with E-state index in [0.717, 1.165) is 17.3 Å². The first-order chi connectivity index (χ1) is 7.07. The third-order valence-electron chi connectivity index (χ3n) is 1.54. The number of carboxylic acids is 1. The molecule has 6 heteroatoms. The predicted octanol–water partition coefficient (Wildman–Crippen LogP) is 1.06. The van der Waals surface area contributed by atoms with Crippen molar-refractivity contribution < 1.29 is 14.7 Å². The molecule has 1 unspecified atom stereocenters. The van der Waals surface area contributed by atoms with Crippen LogP contribution in [0.25, 0.3) is 0 Å². The van der Waals surface area contributed by atoms with E-state index in [1.165, 1.54) is 6.92 Å². The summed E-state index contributed by atoms with van der Waals surface area (Å²) >= 11 is 3.38. The number of nitrogens with one attached hydrogen (secondary N) is 1. The van der Waals surface area contributed by atoms with Gasteiger partial charge in [-0.05, 0) is 5.75 Å². The van der Waals surface area contributed by atoms with Crippen molar-refractivity contribution in [2.24, 2.45) is 0 Å². The second kappa shape index (κ2) is 8.91. The van der Waals surface area contributed by atoms with Crippen molar-refractivity contribution in [3.63, 3.8) is 0 Å². The molecular formula is C9H17NO3S2. The lowest BCUT2D eigenvalue weighted by Gasteiger charge is -2.12. The third-order valence-corrected chi connectivity index (χ3v) is 3.76. The van der Waals surface area contributed by atoms with Gasteiger partial charge in [0.15, 0.2) is 0 Å². The molecule has 0 aromatic heterocycles. The van der Waals surface area contributed by atoms with Gasteiger partial charge in [0, 0.05) is 24.2 Å². The van der Waals surface area contributed by atoms with Crippen molar-refractivity contribution in [3.8, 4) is 0 Å². The normalized spacial score (nSPS) is 12.1. The van der Waals surface area contributed by atoms with E-state index >= 15 is 0 Å². The monoisotopic (exact) mass is 251 g/mol. The molecule has 15 heavy (non-hydrogen) atoms. The van der Waals surface area contributed by atoms with Gasteiger partial charge in [-0.15, -0.1) is 0 Å². The number of carbonyl (C=O) groups is 2. The van der Waals surface area contributed by atoms with Gasteiger partial charge in [-0.3, -0.25) is 4.79 Å². The maximum Gasteiger partial charge on any atom is 0.327 e. The van der Waals surface area contributed by atoms with Crippen LogP contribution in [0.2, 0.25) is 0 Å². The van der Waals surface area contributed by atoms with Gasteiger partial charge >= 0.3 is 5.97 Å². The number of thioether (sulfide) groups is 2. The Morgan fingerprint density at radius 1 is 1.33 bits per heavy atom. The highest BCUT2D eigenvalue weighted by molar-refractivity contribution is 8.02. The minimum absolute atomic E-state index is 0.300. The highest BCUT2D eigenvalue weighted by Crippen LogP contribution is 2.08. The van der Waals surface area contributed by atoms with E-state index < -0.39 is 12.0 Å². The standard InChI is InChI=1S/C9H17NO3S2/c1-3-14-4-5-15-6-8(9(12)13)10-7(2)11/h8H,3-6H2,1-2H3,(H,10,11)(H,12,13). The fraction of sp³-hybridized carbons (Fsp3) is 0.778. The highest BCUT2D eigenvalue weighted by atomic mass is 32.2. The van der Waals surface area contributed by atoms with E-state index in [-0.39, 0.29) is 5.91 Å². The molecule has 0 spiro atoms. The molecule has 0 heterocycles. The minimum atomic E-state index is -0.971. The van der Waals surface area contributed by atoms with Crippen LogP contribution in [-0.4, -0.2) is 46.0 Å². The lowest BCUT2D eigenvalue weighted by Crippen LogP contribution is -2.41. The molecule has 88 valence electrons. The van der Waals surface area contributed by atoms with Gasteiger partial charge in [0.2, 0.25) is 5.91 Å². The molecule has 0 aliphatic rings. The van der Waals surface area contributed by atoms with Crippen molar-refractivity contribution in [1.82, 2.24) is 5.32 Å². The molecular weight excluding hydrogens is 234 g/mol. The summed E-state index contributed by atoms with van der Waals surface area (Å²) in [6.07, 6.45) is 0. The maximum absolute atomic E-state index is 10.7. The van der Waals surface area contributed by atoms with Crippen molar-refractivity contribution >= 4 is 35.4 Å². The van der Waals surface area contributed by atoms with Crippen LogP contribution in [0.1, 0.15) is 13.8 Å². The van der Waals surface area contributed by atoms with Crippen LogP contribution in [0.4, 0.5) is 0 Å². The van der Waals surface area contributed by atoms with E-state index in [1.807, 2.05) is 11.8 Å². The van der Waals surface area contributed by atoms with Gasteiger partial charge in [-0.25, -0.2) is 4.79 Å². The predicted molar refractivity (Wildman–Crippen MR) is 65.6 cm³/mol. The van der Waals surface area contributed by atoms with Gasteiger partial charge in [0.1, 0.15) is 6.04 Å². The molecule has 0 rings (SSSR count). The SMILES string of the molecule is CCSCCSCC(NC(C)=O)C(=O)O. The van der Waals surface area contributed by atoms with E-state index in [1.54, 1.807) is 11.8 Å². The molecule has 0 radical (unpaired) electrons. The first-order valence-corrected chi connectivity index (χ1v) is 7.04. The maximum atomic E-state index is 10.7. The summed E-state index contributed by atoms with van der Waals surface area (Å²) in [5.74, 6) is 2.18. The van der Waals surface area contributed by atoms with Crippen LogP contribution in [0.5, 0.6) is 0 Å². The number of carbonyl (C=O) groups excluding carboxylic acids is 1. The van der Waals surface area contributed by atoms with Crippen molar-refractivity contribution in [2.75, 3.05) is 23.0 Å². The Labute approximate surface area is 98.6 Å². The second-order valence-electron chi connectivity index (χ2n) is 2.86. The number of hydrogen-bond acceptors (Lipinski definition) is 4. The van der Waals surface area contributed by atoms with Crippen LogP contribution in [0.15, 0.2) is 0 Å². The molecule has 0 saturated heterocycles. The highest BCUT2D eigenvalue weighted by Gasteiger charge is 2.17. The zero-order valence-electron chi connectivity index (χ0n) is 8.99. The molecule has 0 fully saturated rings. The molecule has 0 saturated carbocycles. The van der Waals surface area contributed by atoms with Crippen molar-refractivity contribution in [3.05, 3.63) is 0 Å². The Morgan fingerprint density at radius 2 is 1.93 bits per heavy atom. The Kier molecular flexibility index (Phi) is 8.70. The summed E-state index contributed by atoms with van der Waals surface area (Å²) < 4.78 is 0. The Bertz CT molecular complexity index is 212. The molecule has 1 amide bonds. The van der Waals surface area contributed by atoms with Crippen LogP contribution in [0.3, 0.4) is 0 Å². The third kappa shape index (κ3) is 8.62. The summed E-state index contributed by atoms with van der Waals surface area (Å²) in [6, 6.07) is -0.765. The molecule has 2 N–H and O–H groups in total. The first kappa shape index (κ1) is 14.6. The van der Waals surface area contributed by atoms with Gasteiger partial charge in [-0.1, -0.05) is 6.92 Å². The largest absolute Gasteiger partial charge is 0.480 e. The lowest BCUT2D eigenvalue weighted by atomic mass is 10.3. The average Bonchev–Trinajstić information content (AvgIpc) is 2.15. The van der Waals surface area contributed by atoms with Crippen molar-refractivity contribution in [2.45, 2.75) is 19.9 Å². The number of carboxylic acid groups (broad SMARTS) is 1. The first-order valence-electron chi connectivity index (χ1n) is 4.73. The zero-order valence-corrected chi connectivity index (χ0v) is 10.6. The van der Waals surface area contributed by atoms with Gasteiger partial charge in [0.05, 0.1) is 0 Å². The fourth-order valence-electron chi connectivity index (χ4n) is 0.883. The Morgan fingerprint density at radius 3 is 2.40 bits per heavy atom. The van der Waals surface area contributed by atoms with Crippen LogP contribution in [0, 0.1) is 0 Å². The fourth-order valence-corrected chi connectivity index (χ4v) is 2.74. The smallest absolute Gasteiger partial charge is 0.327 e. The van der Waals surface area contributed by atoms with E-state index in [2.05, 4.69) is 12.2 Å². The van der Waals surface area contributed by atoms with Crippen molar-refractivity contribution in [1.29, 1.82) is 0 Å². The molecule has 1 atom stereocenters. The quantitative estimate of drug-likeness (QED) is 0.632. The van der Waals surface area contributed by atoms with E-state index in [0.29, 0.717) is 5.75 Å². The van der Waals surface area contributed by atoms with Crippen LogP contribution in [-0.2, 0) is 9.59 Å². The van der Waals surface area contributed by atoms with E-state index in [9.17, 15) is 9.59 Å². The number of hydrogen-bond donors (Lipinski definition) is 2. The molecule has 4 nitrogen and oxygen atoms in total. The van der Waals surface area contributed by atoms with Gasteiger partial charge in [0.25, 0.3) is 0 Å². The molecule has 0 aliphatic carbocycles. The van der Waals surface area contributed by atoms with Gasteiger partial charge in [-0.2, -0.15) is 23.5 Å². The van der Waals surface area contributed by atoms with Crippen LogP contribution < -0.4 is 5.32 Å². The second-order valence-corrected chi connectivity index (χ2v) is 5.41. The minimum Gasteiger partial charge on any atom is -0.480 e. The lowest BCUT2D eigenvalue weighted by molar-refractivity contribution is -0.140. The summed E-state index contributed by atoms with van der Waals surface area (Å²) in [7, 11) is 0. The Hall–Kier alpha value is -0.360. The molecule has 0 aliphatic heterocycles. The van der Waals surface area contributed by atoms with E-state index in [4.69, 9.17) is 5.11 Å². The van der Waals surface area contributed by atoms with Crippen LogP contribution >= 0.6 is 23.5 Å². The zero-order chi connectivity index (χ0) is 11.7. The molecule has 0 aromatic rings. The number of aliphatic carboxylic acids is 1. The summed E-state index contributed by atoms with van der Waals surface area (Å²) in [5, 5.41) is 11.2. The molecule has 0 aromatic carbocycles. The summed E-state index contributed by atoms with van der Waals surface area (Å²) in [6.45, 7) is 3.42. The number of rotatable bonds is 8. The topological polar surface area (TPSA) is 66.4 Å². The van der Waals surface area contributed by atoms with Gasteiger partial charge < -0.3 is 10.4 Å². The average molecular weight is 251 g/mol. The molecule has 0 bridgehead atoms. The number of amides is 1. The summed E-state index contributed by atoms with van der Waals surface area (Å²) in [5.41, 5.74) is 0.